The van der Waals surface area contributed by atoms with Crippen molar-refractivity contribution in [3.8, 4) is 0 Å². The molecule has 0 saturated heterocycles. The van der Waals surface area contributed by atoms with Crippen molar-refractivity contribution in [2.24, 2.45) is 0 Å². The second-order valence-electron chi connectivity index (χ2n) is 8.00. The molecule has 0 aliphatic rings. The fraction of sp³-hybridized carbons (Fsp3) is 0.125. The molecule has 1 heterocycles. The summed E-state index contributed by atoms with van der Waals surface area (Å²) in [4.78, 5) is 12.9. The van der Waals surface area contributed by atoms with Gasteiger partial charge in [0.2, 0.25) is 15.8 Å². The molecule has 11 heteroatoms. The van der Waals surface area contributed by atoms with Gasteiger partial charge >= 0.3 is 0 Å². The van der Waals surface area contributed by atoms with Crippen molar-refractivity contribution in [1.82, 2.24) is 8.69 Å². The van der Waals surface area contributed by atoms with E-state index in [0.29, 0.717) is 16.0 Å². The quantitative estimate of drug-likeness (QED) is 0.351. The highest BCUT2D eigenvalue weighted by atomic mass is 35.5. The summed E-state index contributed by atoms with van der Waals surface area (Å²) in [6, 6.07) is 16.3. The number of carbonyl (C=O) groups excluding carboxylic acids is 1. The number of hydrogen-bond donors (Lipinski definition) is 1. The Balaban J connectivity index is 1.84. The van der Waals surface area contributed by atoms with E-state index in [-0.39, 0.29) is 16.8 Å². The summed E-state index contributed by atoms with van der Waals surface area (Å²) in [5.41, 5.74) is 0.752. The highest BCUT2D eigenvalue weighted by Crippen LogP contribution is 2.30. The minimum absolute atomic E-state index is 0.166. The molecule has 0 aliphatic carbocycles. The average molecular weight is 535 g/mol. The zero-order valence-corrected chi connectivity index (χ0v) is 21.0. The van der Waals surface area contributed by atoms with Crippen LogP contribution in [-0.2, 0) is 20.0 Å². The van der Waals surface area contributed by atoms with Gasteiger partial charge in [-0.05, 0) is 48.9 Å². The van der Waals surface area contributed by atoms with Gasteiger partial charge in [0.1, 0.15) is 16.4 Å². The molecule has 4 aromatic rings. The molecule has 1 aromatic heterocycles. The van der Waals surface area contributed by atoms with Crippen LogP contribution in [0.3, 0.4) is 0 Å². The Bertz CT molecular complexity index is 1660. The predicted octanol–water partition coefficient (Wildman–Crippen LogP) is 4.51. The fourth-order valence-electron chi connectivity index (χ4n) is 3.79. The Hall–Kier alpha value is -3.05. The predicted molar refractivity (Wildman–Crippen MR) is 132 cm³/mol. The molecule has 0 bridgehead atoms. The molecule has 0 aliphatic heterocycles. The van der Waals surface area contributed by atoms with Crippen LogP contribution < -0.4 is 4.72 Å². The number of carbonyl (C=O) groups is 1. The zero-order valence-electron chi connectivity index (χ0n) is 18.6. The summed E-state index contributed by atoms with van der Waals surface area (Å²) >= 11 is 6.07. The lowest BCUT2D eigenvalue weighted by Gasteiger charge is -2.14. The van der Waals surface area contributed by atoms with Crippen molar-refractivity contribution in [2.75, 3.05) is 6.26 Å². The third kappa shape index (κ3) is 5.01. The molecule has 7 nitrogen and oxygen atoms in total. The first kappa shape index (κ1) is 25.1. The SMILES string of the molecule is CC(NS(C)(=O)=O)c1ccc(C(=O)c2cc3cc(Cl)ccc3n2S(=O)(=O)c2ccccc2F)cc1. The van der Waals surface area contributed by atoms with Crippen LogP contribution in [0.15, 0.2) is 77.7 Å². The molecular formula is C24H20ClFN2O5S2. The minimum atomic E-state index is -4.49. The number of nitrogens with zero attached hydrogens (tertiary/aromatic N) is 1. The monoisotopic (exact) mass is 534 g/mol. The Labute approximate surface area is 207 Å². The summed E-state index contributed by atoms with van der Waals surface area (Å²) in [5, 5.41) is 0.733. The third-order valence-electron chi connectivity index (χ3n) is 5.37. The first-order valence-electron chi connectivity index (χ1n) is 10.3. The third-order valence-corrected chi connectivity index (χ3v) is 8.15. The largest absolute Gasteiger partial charge is 0.287 e. The molecule has 4 rings (SSSR count). The van der Waals surface area contributed by atoms with Crippen LogP contribution >= 0.6 is 11.6 Å². The standard InChI is InChI=1S/C24H20ClFN2O5S2/c1-15(27-34(2,30)31)16-7-9-17(10-8-16)24(29)22-14-18-13-19(25)11-12-21(18)28(22)35(32,33)23-6-4-3-5-20(23)26/h3-15,27H,1-2H3. The van der Waals surface area contributed by atoms with Crippen molar-refractivity contribution in [3.63, 3.8) is 0 Å². The second-order valence-corrected chi connectivity index (χ2v) is 12.0. The maximum absolute atomic E-state index is 14.5. The van der Waals surface area contributed by atoms with Crippen molar-refractivity contribution in [2.45, 2.75) is 17.9 Å². The van der Waals surface area contributed by atoms with E-state index >= 15 is 0 Å². The van der Waals surface area contributed by atoms with Crippen LogP contribution in [0.5, 0.6) is 0 Å². The number of rotatable bonds is 7. The van der Waals surface area contributed by atoms with Gasteiger partial charge in [-0.15, -0.1) is 0 Å². The molecule has 182 valence electrons. The molecule has 1 atom stereocenters. The summed E-state index contributed by atoms with van der Waals surface area (Å²) < 4.78 is 67.8. The number of hydrogen-bond acceptors (Lipinski definition) is 5. The Kier molecular flexibility index (Phi) is 6.58. The first-order valence-corrected chi connectivity index (χ1v) is 14.0. The number of ketones is 1. The molecule has 0 saturated carbocycles. The van der Waals surface area contributed by atoms with Crippen molar-refractivity contribution < 1.29 is 26.0 Å². The molecule has 0 spiro atoms. The lowest BCUT2D eigenvalue weighted by atomic mass is 10.0. The van der Waals surface area contributed by atoms with Gasteiger partial charge in [-0.1, -0.05) is 48.0 Å². The van der Waals surface area contributed by atoms with Crippen LogP contribution in [0.4, 0.5) is 4.39 Å². The Morgan fingerprint density at radius 2 is 1.63 bits per heavy atom. The Morgan fingerprint density at radius 1 is 0.971 bits per heavy atom. The lowest BCUT2D eigenvalue weighted by Crippen LogP contribution is -2.25. The normalized spacial score (nSPS) is 13.1. The smallest absolute Gasteiger partial charge is 0.271 e. The van der Waals surface area contributed by atoms with Gasteiger partial charge in [-0.25, -0.2) is 29.9 Å². The first-order chi connectivity index (χ1) is 16.4. The van der Waals surface area contributed by atoms with E-state index in [0.717, 1.165) is 22.4 Å². The van der Waals surface area contributed by atoms with Crippen LogP contribution in [0.25, 0.3) is 10.9 Å². The van der Waals surface area contributed by atoms with Gasteiger partial charge in [-0.3, -0.25) is 4.79 Å². The number of aromatic nitrogens is 1. The molecular weight excluding hydrogens is 515 g/mol. The van der Waals surface area contributed by atoms with Crippen molar-refractivity contribution in [1.29, 1.82) is 0 Å². The number of halogens is 2. The van der Waals surface area contributed by atoms with Crippen LogP contribution in [0.2, 0.25) is 5.02 Å². The zero-order chi connectivity index (χ0) is 25.5. The topological polar surface area (TPSA) is 102 Å². The maximum atomic E-state index is 14.5. The summed E-state index contributed by atoms with van der Waals surface area (Å²) in [6.45, 7) is 1.65. The number of nitrogens with one attached hydrogen (secondary N) is 1. The molecule has 3 aromatic carbocycles. The van der Waals surface area contributed by atoms with Crippen LogP contribution in [0, 0.1) is 5.82 Å². The van der Waals surface area contributed by atoms with Crippen molar-refractivity contribution in [3.05, 3.63) is 100 Å². The summed E-state index contributed by atoms with van der Waals surface area (Å²) in [6.07, 6.45) is 1.04. The van der Waals surface area contributed by atoms with Gasteiger partial charge in [0.05, 0.1) is 11.8 Å². The van der Waals surface area contributed by atoms with E-state index in [4.69, 9.17) is 11.6 Å². The maximum Gasteiger partial charge on any atom is 0.271 e. The highest BCUT2D eigenvalue weighted by molar-refractivity contribution is 7.90. The van der Waals surface area contributed by atoms with E-state index in [1.54, 1.807) is 19.1 Å². The van der Waals surface area contributed by atoms with E-state index < -0.39 is 42.6 Å². The van der Waals surface area contributed by atoms with E-state index in [9.17, 15) is 26.0 Å². The van der Waals surface area contributed by atoms with Crippen LogP contribution in [0.1, 0.15) is 34.6 Å². The summed E-state index contributed by atoms with van der Waals surface area (Å²) in [7, 11) is -7.93. The molecule has 1 unspecified atom stereocenters. The number of benzene rings is 3. The molecule has 35 heavy (non-hydrogen) atoms. The van der Waals surface area contributed by atoms with Gasteiger partial charge in [-0.2, -0.15) is 0 Å². The fourth-order valence-corrected chi connectivity index (χ4v) is 6.33. The molecule has 0 radical (unpaired) electrons. The number of sulfonamides is 1. The second kappa shape index (κ2) is 9.19. The van der Waals surface area contributed by atoms with Crippen LogP contribution in [-0.4, -0.2) is 32.8 Å². The van der Waals surface area contributed by atoms with E-state index in [2.05, 4.69) is 4.72 Å². The average Bonchev–Trinajstić information content (AvgIpc) is 3.17. The van der Waals surface area contributed by atoms with Gasteiger partial charge in [0, 0.05) is 22.0 Å². The molecule has 0 fully saturated rings. The van der Waals surface area contributed by atoms with E-state index in [1.165, 1.54) is 48.5 Å². The molecule has 1 N–H and O–H groups in total. The number of fused-ring (bicyclic) bond motifs is 1. The van der Waals surface area contributed by atoms with Crippen molar-refractivity contribution >= 4 is 48.3 Å². The summed E-state index contributed by atoms with van der Waals surface area (Å²) in [5.74, 6) is -1.56. The Morgan fingerprint density at radius 3 is 2.26 bits per heavy atom. The molecule has 0 amide bonds. The highest BCUT2D eigenvalue weighted by Gasteiger charge is 2.29. The lowest BCUT2D eigenvalue weighted by molar-refractivity contribution is 0.103. The van der Waals surface area contributed by atoms with Gasteiger partial charge in [0.25, 0.3) is 10.0 Å². The van der Waals surface area contributed by atoms with E-state index in [1.807, 2.05) is 0 Å². The van der Waals surface area contributed by atoms with Gasteiger partial charge in [0.15, 0.2) is 0 Å². The van der Waals surface area contributed by atoms with Gasteiger partial charge < -0.3 is 0 Å². The minimum Gasteiger partial charge on any atom is -0.287 e.